The van der Waals surface area contributed by atoms with Crippen molar-refractivity contribution in [3.8, 4) is 0 Å². The van der Waals surface area contributed by atoms with Crippen molar-refractivity contribution in [1.82, 2.24) is 5.32 Å². The van der Waals surface area contributed by atoms with Gasteiger partial charge in [0.25, 0.3) is 11.6 Å². The molecule has 144 valence electrons. The summed E-state index contributed by atoms with van der Waals surface area (Å²) in [5, 5.41) is 13.9. The molecule has 0 aromatic heterocycles. The van der Waals surface area contributed by atoms with E-state index in [4.69, 9.17) is 0 Å². The number of non-ortho nitro benzene ring substituents is 1. The fourth-order valence-corrected chi connectivity index (χ4v) is 2.89. The number of carbonyl (C=O) groups excluding carboxylic acids is 1. The number of hydrogen-bond donors (Lipinski definition) is 1. The van der Waals surface area contributed by atoms with Crippen molar-refractivity contribution in [2.24, 2.45) is 0 Å². The number of para-hydroxylation sites is 1. The smallest absolute Gasteiger partial charge is 0.270 e. The van der Waals surface area contributed by atoms with Gasteiger partial charge in [0.15, 0.2) is 0 Å². The topological polar surface area (TPSA) is 78.7 Å². The van der Waals surface area contributed by atoms with Crippen LogP contribution in [-0.2, 0) is 0 Å². The maximum atomic E-state index is 12.6. The van der Waals surface area contributed by atoms with Crippen LogP contribution in [-0.4, -0.2) is 44.6 Å². The van der Waals surface area contributed by atoms with Crippen LogP contribution in [0.15, 0.2) is 48.5 Å². The highest BCUT2D eigenvalue weighted by Gasteiger charge is 2.17. The van der Waals surface area contributed by atoms with E-state index in [9.17, 15) is 14.9 Å². The van der Waals surface area contributed by atoms with E-state index in [1.165, 1.54) is 12.1 Å². The Bertz CT molecular complexity index is 778. The van der Waals surface area contributed by atoms with Gasteiger partial charge in [-0.15, -0.1) is 0 Å². The number of nitrogens with zero attached hydrogens (tertiary/aromatic N) is 3. The van der Waals surface area contributed by atoms with Crippen LogP contribution in [0.4, 0.5) is 17.1 Å². The van der Waals surface area contributed by atoms with Gasteiger partial charge in [0.05, 0.1) is 10.5 Å². The minimum Gasteiger partial charge on any atom is -0.377 e. The molecule has 0 fully saturated rings. The monoisotopic (exact) mass is 370 g/mol. The minimum atomic E-state index is -0.491. The lowest BCUT2D eigenvalue weighted by Crippen LogP contribution is -2.30. The first-order valence-corrected chi connectivity index (χ1v) is 8.98. The van der Waals surface area contributed by atoms with Crippen LogP contribution < -0.4 is 15.1 Å². The number of anilines is 2. The van der Waals surface area contributed by atoms with E-state index in [-0.39, 0.29) is 11.6 Å². The van der Waals surface area contributed by atoms with Crippen molar-refractivity contribution in [1.29, 1.82) is 0 Å². The van der Waals surface area contributed by atoms with Gasteiger partial charge in [0, 0.05) is 57.2 Å². The molecule has 1 amide bonds. The van der Waals surface area contributed by atoms with E-state index < -0.39 is 4.92 Å². The molecule has 7 nitrogen and oxygen atoms in total. The summed E-state index contributed by atoms with van der Waals surface area (Å²) in [7, 11) is 3.61. The second kappa shape index (κ2) is 9.56. The first kappa shape index (κ1) is 20.2. The molecule has 7 heteroatoms. The fourth-order valence-electron chi connectivity index (χ4n) is 2.89. The Labute approximate surface area is 159 Å². The SMILES string of the molecule is CCN(CCCNC(=O)c1cc([N+](=O)[O-])ccc1N(C)C)c1ccccc1. The van der Waals surface area contributed by atoms with Crippen LogP contribution in [0.3, 0.4) is 0 Å². The molecule has 27 heavy (non-hydrogen) atoms. The Balaban J connectivity index is 1.97. The molecule has 0 bridgehead atoms. The summed E-state index contributed by atoms with van der Waals surface area (Å²) < 4.78 is 0. The molecule has 2 aromatic rings. The third-order valence-electron chi connectivity index (χ3n) is 4.31. The average Bonchev–Trinajstić information content (AvgIpc) is 2.67. The van der Waals surface area contributed by atoms with E-state index in [0.717, 1.165) is 25.2 Å². The van der Waals surface area contributed by atoms with Crippen molar-refractivity contribution in [3.63, 3.8) is 0 Å². The molecule has 0 atom stereocenters. The van der Waals surface area contributed by atoms with Crippen molar-refractivity contribution < 1.29 is 9.72 Å². The number of benzene rings is 2. The normalized spacial score (nSPS) is 10.3. The van der Waals surface area contributed by atoms with Crippen LogP contribution >= 0.6 is 0 Å². The molecule has 0 aliphatic heterocycles. The van der Waals surface area contributed by atoms with Gasteiger partial charge in [-0.1, -0.05) is 18.2 Å². The summed E-state index contributed by atoms with van der Waals surface area (Å²) in [6, 6.07) is 14.5. The van der Waals surface area contributed by atoms with Crippen LogP contribution in [0.5, 0.6) is 0 Å². The molecule has 1 N–H and O–H groups in total. The molecule has 0 radical (unpaired) electrons. The lowest BCUT2D eigenvalue weighted by molar-refractivity contribution is -0.384. The molecule has 0 heterocycles. The van der Waals surface area contributed by atoms with Crippen LogP contribution in [0.25, 0.3) is 0 Å². The third kappa shape index (κ3) is 5.44. The Morgan fingerprint density at radius 1 is 1.15 bits per heavy atom. The summed E-state index contributed by atoms with van der Waals surface area (Å²) in [6.07, 6.45) is 0.778. The molecular formula is C20H26N4O3. The van der Waals surface area contributed by atoms with Gasteiger partial charge in [0.1, 0.15) is 0 Å². The number of nitro groups is 1. The molecule has 0 saturated heterocycles. The van der Waals surface area contributed by atoms with E-state index in [2.05, 4.69) is 29.3 Å². The predicted molar refractivity (Wildman–Crippen MR) is 109 cm³/mol. The van der Waals surface area contributed by atoms with Crippen molar-refractivity contribution in [2.45, 2.75) is 13.3 Å². The largest absolute Gasteiger partial charge is 0.377 e. The molecule has 0 aliphatic rings. The molecule has 2 aromatic carbocycles. The Hall–Kier alpha value is -3.09. The summed E-state index contributed by atoms with van der Waals surface area (Å²) in [5.74, 6) is -0.301. The van der Waals surface area contributed by atoms with Gasteiger partial charge in [-0.3, -0.25) is 14.9 Å². The molecular weight excluding hydrogens is 344 g/mol. The first-order chi connectivity index (χ1) is 12.9. The number of nitrogens with one attached hydrogen (secondary N) is 1. The van der Waals surface area contributed by atoms with Crippen LogP contribution in [0.2, 0.25) is 0 Å². The molecule has 0 spiro atoms. The molecule has 0 unspecified atom stereocenters. The maximum Gasteiger partial charge on any atom is 0.270 e. The fraction of sp³-hybridized carbons (Fsp3) is 0.350. The number of hydrogen-bond acceptors (Lipinski definition) is 5. The average molecular weight is 370 g/mol. The minimum absolute atomic E-state index is 0.0908. The summed E-state index contributed by atoms with van der Waals surface area (Å²) in [6.45, 7) is 4.29. The number of amides is 1. The van der Waals surface area contributed by atoms with Gasteiger partial charge >= 0.3 is 0 Å². The highest BCUT2D eigenvalue weighted by molar-refractivity contribution is 6.00. The van der Waals surface area contributed by atoms with Gasteiger partial charge < -0.3 is 15.1 Å². The maximum absolute atomic E-state index is 12.6. The van der Waals surface area contributed by atoms with E-state index in [1.54, 1.807) is 25.1 Å². The zero-order chi connectivity index (χ0) is 19.8. The van der Waals surface area contributed by atoms with Crippen molar-refractivity contribution in [2.75, 3.05) is 43.5 Å². The van der Waals surface area contributed by atoms with E-state index in [0.29, 0.717) is 17.8 Å². The zero-order valence-corrected chi connectivity index (χ0v) is 16.0. The Morgan fingerprint density at radius 3 is 2.44 bits per heavy atom. The van der Waals surface area contributed by atoms with Gasteiger partial charge in [-0.2, -0.15) is 0 Å². The quantitative estimate of drug-likeness (QED) is 0.416. The lowest BCUT2D eigenvalue weighted by Gasteiger charge is -2.23. The molecule has 0 aliphatic carbocycles. The molecule has 2 rings (SSSR count). The van der Waals surface area contributed by atoms with Crippen molar-refractivity contribution in [3.05, 3.63) is 64.2 Å². The Morgan fingerprint density at radius 2 is 1.85 bits per heavy atom. The van der Waals surface area contributed by atoms with Crippen molar-refractivity contribution >= 4 is 23.0 Å². The second-order valence-corrected chi connectivity index (χ2v) is 6.38. The van der Waals surface area contributed by atoms with Crippen LogP contribution in [0, 0.1) is 10.1 Å². The van der Waals surface area contributed by atoms with E-state index >= 15 is 0 Å². The summed E-state index contributed by atoms with van der Waals surface area (Å²) in [4.78, 5) is 27.1. The summed E-state index contributed by atoms with van der Waals surface area (Å²) >= 11 is 0. The number of carbonyl (C=O) groups is 1. The first-order valence-electron chi connectivity index (χ1n) is 8.98. The third-order valence-corrected chi connectivity index (χ3v) is 4.31. The van der Waals surface area contributed by atoms with Gasteiger partial charge in [0.2, 0.25) is 0 Å². The molecule has 0 saturated carbocycles. The number of nitro benzene ring substituents is 1. The lowest BCUT2D eigenvalue weighted by atomic mass is 10.1. The van der Waals surface area contributed by atoms with E-state index in [1.807, 2.05) is 18.2 Å². The summed E-state index contributed by atoms with van der Waals surface area (Å²) in [5.41, 5.74) is 2.02. The predicted octanol–water partition coefficient (Wildman–Crippen LogP) is 3.31. The highest BCUT2D eigenvalue weighted by atomic mass is 16.6. The van der Waals surface area contributed by atoms with Crippen LogP contribution in [0.1, 0.15) is 23.7 Å². The number of rotatable bonds is 9. The highest BCUT2D eigenvalue weighted by Crippen LogP contribution is 2.24. The van der Waals surface area contributed by atoms with Gasteiger partial charge in [-0.05, 0) is 31.5 Å². The second-order valence-electron chi connectivity index (χ2n) is 6.38. The van der Waals surface area contributed by atoms with Gasteiger partial charge in [-0.25, -0.2) is 0 Å². The standard InChI is InChI=1S/C20H26N4O3/c1-4-23(16-9-6-5-7-10-16)14-8-13-21-20(25)18-15-17(24(26)27)11-12-19(18)22(2)3/h5-7,9-12,15H,4,8,13-14H2,1-3H3,(H,21,25). The zero-order valence-electron chi connectivity index (χ0n) is 16.0. The Kier molecular flexibility index (Phi) is 7.16.